The van der Waals surface area contributed by atoms with E-state index in [1.807, 2.05) is 0 Å². The number of hydrogen-bond acceptors (Lipinski definition) is 4. The molecule has 1 rings (SSSR count). The predicted octanol–water partition coefficient (Wildman–Crippen LogP) is 2.83. The lowest BCUT2D eigenvalue weighted by molar-refractivity contribution is 0.0642. The van der Waals surface area contributed by atoms with Crippen molar-refractivity contribution in [3.63, 3.8) is 0 Å². The van der Waals surface area contributed by atoms with Crippen LogP contribution in [0, 0.1) is 0 Å². The summed E-state index contributed by atoms with van der Waals surface area (Å²) in [5.41, 5.74) is 0.702. The molecule has 108 valence electrons. The molecule has 0 unspecified atom stereocenters. The average Bonchev–Trinajstić information content (AvgIpc) is 2.39. The summed E-state index contributed by atoms with van der Waals surface area (Å²) in [6, 6.07) is 5.24. The Balaban J connectivity index is 2.33. The first-order chi connectivity index (χ1) is 9.15. The van der Waals surface area contributed by atoms with Crippen LogP contribution in [0.15, 0.2) is 18.2 Å². The highest BCUT2D eigenvalue weighted by molar-refractivity contribution is 6.30. The van der Waals surface area contributed by atoms with Crippen molar-refractivity contribution in [3.05, 3.63) is 28.8 Å². The van der Waals surface area contributed by atoms with Crippen molar-refractivity contribution in [1.82, 2.24) is 0 Å². The van der Waals surface area contributed by atoms with E-state index in [0.29, 0.717) is 42.8 Å². The van der Waals surface area contributed by atoms with Crippen molar-refractivity contribution >= 4 is 11.6 Å². The van der Waals surface area contributed by atoms with Gasteiger partial charge in [-0.1, -0.05) is 11.6 Å². The molecule has 0 amide bonds. The quantitative estimate of drug-likeness (QED) is 0.710. The van der Waals surface area contributed by atoms with Gasteiger partial charge in [0, 0.05) is 30.7 Å². The summed E-state index contributed by atoms with van der Waals surface area (Å²) in [5, 5.41) is 10.2. The summed E-state index contributed by atoms with van der Waals surface area (Å²) in [4.78, 5) is 0. The Morgan fingerprint density at radius 3 is 2.68 bits per heavy atom. The predicted molar refractivity (Wildman–Crippen MR) is 74.9 cm³/mol. The Labute approximate surface area is 119 Å². The van der Waals surface area contributed by atoms with Gasteiger partial charge in [0.15, 0.2) is 0 Å². The molecule has 0 bridgehead atoms. The van der Waals surface area contributed by atoms with Crippen molar-refractivity contribution in [2.24, 2.45) is 0 Å². The van der Waals surface area contributed by atoms with Crippen LogP contribution in [-0.2, 0) is 9.47 Å². The van der Waals surface area contributed by atoms with Crippen LogP contribution >= 0.6 is 11.6 Å². The maximum absolute atomic E-state index is 9.65. The second-order valence-electron chi connectivity index (χ2n) is 4.17. The van der Waals surface area contributed by atoms with Crippen molar-refractivity contribution in [1.29, 1.82) is 0 Å². The van der Waals surface area contributed by atoms with Crippen LogP contribution in [0.3, 0.4) is 0 Å². The van der Waals surface area contributed by atoms with Crippen molar-refractivity contribution in [2.45, 2.75) is 19.4 Å². The number of ether oxygens (including phenoxy) is 3. The second-order valence-corrected chi connectivity index (χ2v) is 4.60. The van der Waals surface area contributed by atoms with Gasteiger partial charge in [-0.25, -0.2) is 0 Å². The maximum Gasteiger partial charge on any atom is 0.125 e. The van der Waals surface area contributed by atoms with Crippen LogP contribution in [0.1, 0.15) is 25.0 Å². The van der Waals surface area contributed by atoms with Gasteiger partial charge in [-0.15, -0.1) is 0 Å². The van der Waals surface area contributed by atoms with Crippen molar-refractivity contribution < 1.29 is 19.3 Å². The van der Waals surface area contributed by atoms with Crippen LogP contribution in [0.2, 0.25) is 5.02 Å². The first kappa shape index (κ1) is 16.2. The lowest BCUT2D eigenvalue weighted by Crippen LogP contribution is -2.08. The molecule has 5 heteroatoms. The van der Waals surface area contributed by atoms with Crippen molar-refractivity contribution in [2.75, 3.05) is 33.5 Å². The number of hydrogen-bond donors (Lipinski definition) is 1. The molecule has 0 saturated carbocycles. The van der Waals surface area contributed by atoms with Gasteiger partial charge in [0.1, 0.15) is 5.75 Å². The molecular formula is C14H21ClO4. The second kappa shape index (κ2) is 9.15. The minimum absolute atomic E-state index is 0.536. The van der Waals surface area contributed by atoms with Crippen LogP contribution < -0.4 is 4.74 Å². The number of rotatable bonds is 9. The third-order valence-electron chi connectivity index (χ3n) is 2.54. The molecule has 1 N–H and O–H groups in total. The topological polar surface area (TPSA) is 47.9 Å². The third-order valence-corrected chi connectivity index (χ3v) is 2.78. The summed E-state index contributed by atoms with van der Waals surface area (Å²) in [6.45, 7) is 4.04. The van der Waals surface area contributed by atoms with E-state index in [0.717, 1.165) is 6.42 Å². The van der Waals surface area contributed by atoms with Gasteiger partial charge in [0.2, 0.25) is 0 Å². The van der Waals surface area contributed by atoms with E-state index >= 15 is 0 Å². The molecule has 0 spiro atoms. The molecule has 0 saturated heterocycles. The molecule has 1 atom stereocenters. The molecule has 0 aromatic heterocycles. The smallest absolute Gasteiger partial charge is 0.125 e. The van der Waals surface area contributed by atoms with E-state index < -0.39 is 6.10 Å². The summed E-state index contributed by atoms with van der Waals surface area (Å²) in [7, 11) is 1.64. The summed E-state index contributed by atoms with van der Waals surface area (Å²) in [6.07, 6.45) is 0.178. The Hall–Kier alpha value is -0.810. The molecule has 0 heterocycles. The normalized spacial score (nSPS) is 12.4. The van der Waals surface area contributed by atoms with Crippen molar-refractivity contribution in [3.8, 4) is 5.75 Å². The van der Waals surface area contributed by atoms with Gasteiger partial charge in [-0.05, 0) is 25.1 Å². The minimum Gasteiger partial charge on any atom is -0.493 e. The van der Waals surface area contributed by atoms with Crippen LogP contribution in [0.4, 0.5) is 0 Å². The summed E-state index contributed by atoms with van der Waals surface area (Å²) >= 11 is 5.89. The van der Waals surface area contributed by atoms with E-state index in [-0.39, 0.29) is 0 Å². The molecule has 0 aliphatic carbocycles. The maximum atomic E-state index is 9.65. The fourth-order valence-corrected chi connectivity index (χ4v) is 1.75. The Morgan fingerprint density at radius 1 is 1.21 bits per heavy atom. The molecule has 0 fully saturated rings. The Kier molecular flexibility index (Phi) is 7.82. The Bertz CT molecular complexity index is 368. The summed E-state index contributed by atoms with van der Waals surface area (Å²) < 4.78 is 15.8. The monoisotopic (exact) mass is 288 g/mol. The fourth-order valence-electron chi connectivity index (χ4n) is 1.56. The molecule has 1 aromatic rings. The van der Waals surface area contributed by atoms with Gasteiger partial charge >= 0.3 is 0 Å². The third kappa shape index (κ3) is 6.25. The van der Waals surface area contributed by atoms with E-state index in [1.54, 1.807) is 32.2 Å². The lowest BCUT2D eigenvalue weighted by atomic mass is 10.1. The standard InChI is InChI=1S/C14H21ClO4/c1-11(16)13-10-12(15)4-5-14(13)19-7-3-6-18-9-8-17-2/h4-5,10-11,16H,3,6-9H2,1-2H3/t11-/m0/s1. The number of benzene rings is 1. The number of aliphatic hydroxyl groups is 1. The first-order valence-corrected chi connectivity index (χ1v) is 6.70. The zero-order valence-corrected chi connectivity index (χ0v) is 12.2. The van der Waals surface area contributed by atoms with Crippen LogP contribution in [0.25, 0.3) is 0 Å². The molecule has 0 radical (unpaired) electrons. The lowest BCUT2D eigenvalue weighted by Gasteiger charge is -2.13. The van der Waals surface area contributed by atoms with Gasteiger partial charge in [0.05, 0.1) is 25.9 Å². The molecule has 4 nitrogen and oxygen atoms in total. The highest BCUT2D eigenvalue weighted by Gasteiger charge is 2.09. The molecule has 0 aliphatic rings. The zero-order valence-electron chi connectivity index (χ0n) is 11.4. The number of aliphatic hydroxyl groups excluding tert-OH is 1. The number of halogens is 1. The van der Waals surface area contributed by atoms with E-state index in [4.69, 9.17) is 25.8 Å². The molecule has 19 heavy (non-hydrogen) atoms. The van der Waals surface area contributed by atoms with E-state index in [9.17, 15) is 5.11 Å². The first-order valence-electron chi connectivity index (χ1n) is 6.32. The minimum atomic E-state index is -0.605. The molecule has 1 aromatic carbocycles. The SMILES string of the molecule is COCCOCCCOc1ccc(Cl)cc1[C@H](C)O. The summed E-state index contributed by atoms with van der Waals surface area (Å²) in [5.74, 6) is 0.663. The zero-order chi connectivity index (χ0) is 14.1. The Morgan fingerprint density at radius 2 is 2.00 bits per heavy atom. The van der Waals surface area contributed by atoms with Crippen LogP contribution in [-0.4, -0.2) is 38.6 Å². The van der Waals surface area contributed by atoms with Gasteiger partial charge in [-0.2, -0.15) is 0 Å². The van der Waals surface area contributed by atoms with E-state index in [1.165, 1.54) is 0 Å². The van der Waals surface area contributed by atoms with Gasteiger partial charge in [-0.3, -0.25) is 0 Å². The largest absolute Gasteiger partial charge is 0.493 e. The van der Waals surface area contributed by atoms with E-state index in [2.05, 4.69) is 0 Å². The van der Waals surface area contributed by atoms with Gasteiger partial charge in [0.25, 0.3) is 0 Å². The van der Waals surface area contributed by atoms with Gasteiger partial charge < -0.3 is 19.3 Å². The average molecular weight is 289 g/mol. The highest BCUT2D eigenvalue weighted by Crippen LogP contribution is 2.28. The molecular weight excluding hydrogens is 268 g/mol. The molecule has 0 aliphatic heterocycles. The van der Waals surface area contributed by atoms with Crippen LogP contribution in [0.5, 0.6) is 5.75 Å². The number of methoxy groups -OCH3 is 1. The highest BCUT2D eigenvalue weighted by atomic mass is 35.5. The fraction of sp³-hybridized carbons (Fsp3) is 0.571.